The summed E-state index contributed by atoms with van der Waals surface area (Å²) in [5, 5.41) is 9.38. The molecule has 1 amide bonds. The van der Waals surface area contributed by atoms with Crippen molar-refractivity contribution in [1.29, 1.82) is 0 Å². The van der Waals surface area contributed by atoms with E-state index in [0.29, 0.717) is 19.1 Å². The van der Waals surface area contributed by atoms with Crippen LogP contribution in [0.25, 0.3) is 0 Å². The largest absolute Gasteiger partial charge is 0.383 e. The number of nitrogens with zero attached hydrogens (tertiary/aromatic N) is 2. The molecule has 1 saturated heterocycles. The van der Waals surface area contributed by atoms with Gasteiger partial charge in [-0.2, -0.15) is 0 Å². The predicted octanol–water partition coefficient (Wildman–Crippen LogP) is 0.197. The molecule has 1 aliphatic heterocycles. The molecule has 0 bridgehead atoms. The molecule has 0 unspecified atom stereocenters. The first-order valence-electron chi connectivity index (χ1n) is 10.2. The normalized spacial score (nSPS) is 20.9. The van der Waals surface area contributed by atoms with Crippen LogP contribution in [0.15, 0.2) is 4.99 Å². The number of carbonyl (C=O) groups excluding carboxylic acids is 1. The molecule has 3 N–H and O–H groups in total. The first-order valence-corrected chi connectivity index (χ1v) is 10.2. The van der Waals surface area contributed by atoms with Crippen LogP contribution in [-0.4, -0.2) is 90.0 Å². The van der Waals surface area contributed by atoms with Crippen molar-refractivity contribution in [2.24, 2.45) is 10.4 Å². The standard InChI is InChI=1S/C19H37N5O3/c1-20-18(22-14-17(25)21-8-11-26-2)23-15-19(6-4-3-5-7-19)16-24-9-12-27-13-10-24/h3-16H2,1-2H3,(H,21,25)(H2,20,22,23). The lowest BCUT2D eigenvalue weighted by Gasteiger charge is -2.42. The number of guanidine groups is 1. The Hall–Kier alpha value is -1.38. The second kappa shape index (κ2) is 12.2. The number of methoxy groups -OCH3 is 1. The van der Waals surface area contributed by atoms with Gasteiger partial charge in [0.25, 0.3) is 0 Å². The van der Waals surface area contributed by atoms with Crippen LogP contribution < -0.4 is 16.0 Å². The summed E-state index contributed by atoms with van der Waals surface area (Å²) in [4.78, 5) is 18.7. The lowest BCUT2D eigenvalue weighted by atomic mass is 9.73. The zero-order valence-corrected chi connectivity index (χ0v) is 17.0. The quantitative estimate of drug-likeness (QED) is 0.299. The summed E-state index contributed by atoms with van der Waals surface area (Å²) in [5.41, 5.74) is 0.272. The fourth-order valence-corrected chi connectivity index (χ4v) is 3.94. The van der Waals surface area contributed by atoms with Crippen LogP contribution in [-0.2, 0) is 14.3 Å². The highest BCUT2D eigenvalue weighted by molar-refractivity contribution is 5.86. The van der Waals surface area contributed by atoms with Gasteiger partial charge in [-0.05, 0) is 12.8 Å². The van der Waals surface area contributed by atoms with E-state index in [1.54, 1.807) is 14.2 Å². The van der Waals surface area contributed by atoms with Crippen LogP contribution in [0.1, 0.15) is 32.1 Å². The number of aliphatic imine (C=N–C) groups is 1. The van der Waals surface area contributed by atoms with Crippen LogP contribution in [0.3, 0.4) is 0 Å². The van der Waals surface area contributed by atoms with Gasteiger partial charge < -0.3 is 25.4 Å². The summed E-state index contributed by atoms with van der Waals surface area (Å²) in [6, 6.07) is 0. The third-order valence-corrected chi connectivity index (χ3v) is 5.48. The Bertz CT molecular complexity index is 460. The summed E-state index contributed by atoms with van der Waals surface area (Å²) in [7, 11) is 3.36. The molecule has 2 aliphatic rings. The van der Waals surface area contributed by atoms with Crippen molar-refractivity contribution >= 4 is 11.9 Å². The SMILES string of the molecule is CN=C(NCC(=O)NCCOC)NCC1(CN2CCOCC2)CCCCC1. The third kappa shape index (κ3) is 8.02. The molecule has 8 nitrogen and oxygen atoms in total. The zero-order valence-electron chi connectivity index (χ0n) is 17.0. The average molecular weight is 384 g/mol. The van der Waals surface area contributed by atoms with Crippen molar-refractivity contribution < 1.29 is 14.3 Å². The molecule has 2 rings (SSSR count). The highest BCUT2D eigenvalue weighted by Gasteiger charge is 2.34. The number of rotatable bonds is 9. The maximum atomic E-state index is 11.8. The summed E-state index contributed by atoms with van der Waals surface area (Å²) in [6.45, 7) is 6.96. The molecule has 1 saturated carbocycles. The van der Waals surface area contributed by atoms with E-state index >= 15 is 0 Å². The van der Waals surface area contributed by atoms with Crippen LogP contribution >= 0.6 is 0 Å². The number of ether oxygens (including phenoxy) is 2. The number of hydrogen-bond acceptors (Lipinski definition) is 5. The van der Waals surface area contributed by atoms with Crippen molar-refractivity contribution in [3.63, 3.8) is 0 Å². The van der Waals surface area contributed by atoms with E-state index in [1.807, 2.05) is 0 Å². The number of amides is 1. The monoisotopic (exact) mass is 383 g/mol. The van der Waals surface area contributed by atoms with Crippen molar-refractivity contribution in [2.75, 3.05) is 73.2 Å². The van der Waals surface area contributed by atoms with Gasteiger partial charge in [0.15, 0.2) is 5.96 Å². The van der Waals surface area contributed by atoms with Crippen molar-refractivity contribution in [1.82, 2.24) is 20.9 Å². The van der Waals surface area contributed by atoms with Gasteiger partial charge in [-0.1, -0.05) is 19.3 Å². The molecular formula is C19H37N5O3. The molecule has 1 aliphatic carbocycles. The van der Waals surface area contributed by atoms with E-state index < -0.39 is 0 Å². The Kier molecular flexibility index (Phi) is 9.86. The molecular weight excluding hydrogens is 346 g/mol. The molecule has 8 heteroatoms. The lowest BCUT2D eigenvalue weighted by molar-refractivity contribution is -0.120. The Morgan fingerprint density at radius 3 is 2.56 bits per heavy atom. The first kappa shape index (κ1) is 21.9. The maximum Gasteiger partial charge on any atom is 0.239 e. The predicted molar refractivity (Wildman–Crippen MR) is 107 cm³/mol. The number of morpholine rings is 1. The molecule has 0 spiro atoms. The van der Waals surface area contributed by atoms with Gasteiger partial charge in [0.2, 0.25) is 5.91 Å². The van der Waals surface area contributed by atoms with E-state index in [0.717, 1.165) is 39.4 Å². The van der Waals surface area contributed by atoms with Gasteiger partial charge >= 0.3 is 0 Å². The highest BCUT2D eigenvalue weighted by Crippen LogP contribution is 2.36. The topological polar surface area (TPSA) is 87.2 Å². The van der Waals surface area contributed by atoms with Crippen LogP contribution in [0.5, 0.6) is 0 Å². The molecule has 0 radical (unpaired) electrons. The summed E-state index contributed by atoms with van der Waals surface area (Å²) < 4.78 is 10.4. The van der Waals surface area contributed by atoms with Gasteiger partial charge in [0.05, 0.1) is 26.4 Å². The first-order chi connectivity index (χ1) is 13.2. The van der Waals surface area contributed by atoms with Crippen LogP contribution in [0, 0.1) is 5.41 Å². The maximum absolute atomic E-state index is 11.8. The van der Waals surface area contributed by atoms with Crippen molar-refractivity contribution in [3.05, 3.63) is 0 Å². The minimum Gasteiger partial charge on any atom is -0.383 e. The fourth-order valence-electron chi connectivity index (χ4n) is 3.94. The third-order valence-electron chi connectivity index (χ3n) is 5.48. The molecule has 27 heavy (non-hydrogen) atoms. The molecule has 0 aromatic carbocycles. The van der Waals surface area contributed by atoms with Crippen LogP contribution in [0.4, 0.5) is 0 Å². The van der Waals surface area contributed by atoms with Crippen LogP contribution in [0.2, 0.25) is 0 Å². The van der Waals surface area contributed by atoms with E-state index in [9.17, 15) is 4.79 Å². The highest BCUT2D eigenvalue weighted by atomic mass is 16.5. The van der Waals surface area contributed by atoms with Gasteiger partial charge in [-0.3, -0.25) is 14.7 Å². The van der Waals surface area contributed by atoms with Crippen molar-refractivity contribution in [3.8, 4) is 0 Å². The smallest absolute Gasteiger partial charge is 0.239 e. The van der Waals surface area contributed by atoms with E-state index in [-0.39, 0.29) is 17.9 Å². The number of nitrogens with one attached hydrogen (secondary N) is 3. The Labute approximate surface area is 163 Å². The summed E-state index contributed by atoms with van der Waals surface area (Å²) >= 11 is 0. The Balaban J connectivity index is 1.80. The second-order valence-corrected chi connectivity index (χ2v) is 7.57. The molecule has 0 aromatic rings. The van der Waals surface area contributed by atoms with Crippen molar-refractivity contribution in [2.45, 2.75) is 32.1 Å². The van der Waals surface area contributed by atoms with E-state index in [2.05, 4.69) is 25.8 Å². The van der Waals surface area contributed by atoms with E-state index in [1.165, 1.54) is 32.1 Å². The lowest BCUT2D eigenvalue weighted by Crippen LogP contribution is -2.52. The minimum atomic E-state index is -0.0595. The Morgan fingerprint density at radius 1 is 1.15 bits per heavy atom. The number of hydrogen-bond donors (Lipinski definition) is 3. The molecule has 0 atom stereocenters. The van der Waals surface area contributed by atoms with Gasteiger partial charge in [0.1, 0.15) is 0 Å². The molecule has 1 heterocycles. The minimum absolute atomic E-state index is 0.0595. The average Bonchev–Trinajstić information content (AvgIpc) is 2.70. The molecule has 156 valence electrons. The van der Waals surface area contributed by atoms with Gasteiger partial charge in [0, 0.05) is 52.3 Å². The molecule has 2 fully saturated rings. The summed E-state index contributed by atoms with van der Waals surface area (Å²) in [6.07, 6.45) is 6.40. The zero-order chi connectivity index (χ0) is 19.4. The van der Waals surface area contributed by atoms with E-state index in [4.69, 9.17) is 9.47 Å². The fraction of sp³-hybridized carbons (Fsp3) is 0.895. The molecule has 0 aromatic heterocycles. The second-order valence-electron chi connectivity index (χ2n) is 7.57. The Morgan fingerprint density at radius 2 is 1.89 bits per heavy atom. The van der Waals surface area contributed by atoms with Gasteiger partial charge in [-0.15, -0.1) is 0 Å². The van der Waals surface area contributed by atoms with Gasteiger partial charge in [-0.25, -0.2) is 0 Å². The number of carbonyl (C=O) groups is 1. The summed E-state index contributed by atoms with van der Waals surface area (Å²) in [5.74, 6) is 0.625.